The lowest BCUT2D eigenvalue weighted by Crippen LogP contribution is -2.39. The molecular weight excluding hydrogens is 332 g/mol. The highest BCUT2D eigenvalue weighted by atomic mass is 16.6. The van der Waals surface area contributed by atoms with Crippen molar-refractivity contribution in [2.75, 3.05) is 13.2 Å². The molecule has 0 aliphatic heterocycles. The Kier molecular flexibility index (Phi) is 13.6. The maximum Gasteiger partial charge on any atom is 0.333 e. The van der Waals surface area contributed by atoms with Gasteiger partial charge in [-0.25, -0.2) is 9.59 Å². The molecule has 0 saturated heterocycles. The minimum Gasteiger partial charge on any atom is -0.455 e. The summed E-state index contributed by atoms with van der Waals surface area (Å²) >= 11 is 0. The largest absolute Gasteiger partial charge is 0.455 e. The Labute approximate surface area is 158 Å². The molecular formula is C21H36O5. The fourth-order valence-corrected chi connectivity index (χ4v) is 2.37. The van der Waals surface area contributed by atoms with Crippen LogP contribution in [0.25, 0.3) is 0 Å². The van der Waals surface area contributed by atoms with Crippen molar-refractivity contribution in [1.29, 1.82) is 0 Å². The second kappa shape index (κ2) is 14.5. The first kappa shape index (κ1) is 24.4. The van der Waals surface area contributed by atoms with Gasteiger partial charge in [0, 0.05) is 17.8 Å². The number of hydrogen-bond acceptors (Lipinski definition) is 5. The smallest absolute Gasteiger partial charge is 0.333 e. The van der Waals surface area contributed by atoms with Gasteiger partial charge in [-0.2, -0.15) is 0 Å². The van der Waals surface area contributed by atoms with Gasteiger partial charge in [0.1, 0.15) is 6.10 Å². The van der Waals surface area contributed by atoms with Crippen LogP contribution in [0, 0.1) is 0 Å². The van der Waals surface area contributed by atoms with E-state index in [1.807, 2.05) is 6.92 Å². The molecule has 2 unspecified atom stereocenters. The average Bonchev–Trinajstić information content (AvgIpc) is 2.59. The van der Waals surface area contributed by atoms with E-state index in [1.54, 1.807) is 13.8 Å². The summed E-state index contributed by atoms with van der Waals surface area (Å²) in [5.41, 5.74) is 0.621. The van der Waals surface area contributed by atoms with Crippen LogP contribution in [0.3, 0.4) is 0 Å². The van der Waals surface area contributed by atoms with Crippen molar-refractivity contribution < 1.29 is 23.8 Å². The molecule has 2 atom stereocenters. The lowest BCUT2D eigenvalue weighted by Gasteiger charge is -2.27. The van der Waals surface area contributed by atoms with Gasteiger partial charge in [0.05, 0.1) is 6.61 Å². The van der Waals surface area contributed by atoms with Gasteiger partial charge < -0.3 is 14.2 Å². The molecule has 0 aromatic rings. The quantitative estimate of drug-likeness (QED) is 0.237. The van der Waals surface area contributed by atoms with Crippen LogP contribution in [0.15, 0.2) is 24.3 Å². The minimum absolute atomic E-state index is 0.180. The van der Waals surface area contributed by atoms with E-state index in [0.29, 0.717) is 24.2 Å². The van der Waals surface area contributed by atoms with Crippen molar-refractivity contribution in [2.45, 2.75) is 84.8 Å². The number of hydrogen-bond donors (Lipinski definition) is 0. The minimum atomic E-state index is -0.655. The third-order valence-electron chi connectivity index (χ3n) is 3.96. The highest BCUT2D eigenvalue weighted by molar-refractivity contribution is 5.88. The molecule has 5 nitrogen and oxygen atoms in total. The van der Waals surface area contributed by atoms with Crippen molar-refractivity contribution in [2.24, 2.45) is 0 Å². The molecule has 0 aliphatic carbocycles. The number of carbonyl (C=O) groups is 2. The van der Waals surface area contributed by atoms with E-state index in [9.17, 15) is 9.59 Å². The van der Waals surface area contributed by atoms with Crippen LogP contribution in [0.4, 0.5) is 0 Å². The topological polar surface area (TPSA) is 61.8 Å². The predicted molar refractivity (Wildman–Crippen MR) is 104 cm³/mol. The molecule has 5 heteroatoms. The van der Waals surface area contributed by atoms with Crippen LogP contribution in [-0.4, -0.2) is 37.4 Å². The summed E-state index contributed by atoms with van der Waals surface area (Å²) < 4.78 is 16.5. The standard InChI is InChI=1S/C21H36O5/c1-7-9-10-11-12-13-14-18(25-20(22)16(3)4)19(15-24-8-2)26-21(23)17(5)6/h18-19H,3,5,7-15H2,1-2,4,6H3. The Morgan fingerprint density at radius 1 is 0.808 bits per heavy atom. The van der Waals surface area contributed by atoms with Crippen molar-refractivity contribution in [3.8, 4) is 0 Å². The summed E-state index contributed by atoms with van der Waals surface area (Å²) in [5, 5.41) is 0. The molecule has 0 rings (SSSR count). The molecule has 0 amide bonds. The van der Waals surface area contributed by atoms with Crippen LogP contribution < -0.4 is 0 Å². The van der Waals surface area contributed by atoms with Crippen LogP contribution in [-0.2, 0) is 23.8 Å². The molecule has 0 N–H and O–H groups in total. The summed E-state index contributed by atoms with van der Waals surface area (Å²) in [7, 11) is 0. The number of esters is 2. The van der Waals surface area contributed by atoms with Gasteiger partial charge in [0.2, 0.25) is 0 Å². The van der Waals surface area contributed by atoms with Crippen molar-refractivity contribution in [1.82, 2.24) is 0 Å². The third-order valence-corrected chi connectivity index (χ3v) is 3.96. The van der Waals surface area contributed by atoms with Crippen molar-refractivity contribution in [3.05, 3.63) is 24.3 Å². The van der Waals surface area contributed by atoms with E-state index in [4.69, 9.17) is 14.2 Å². The molecule has 0 fully saturated rings. The highest BCUT2D eigenvalue weighted by Gasteiger charge is 2.29. The zero-order valence-corrected chi connectivity index (χ0v) is 17.0. The van der Waals surface area contributed by atoms with Gasteiger partial charge in [0.25, 0.3) is 0 Å². The first-order valence-electron chi connectivity index (χ1n) is 9.64. The van der Waals surface area contributed by atoms with E-state index >= 15 is 0 Å². The third kappa shape index (κ3) is 11.1. The van der Waals surface area contributed by atoms with Crippen molar-refractivity contribution in [3.63, 3.8) is 0 Å². The zero-order valence-electron chi connectivity index (χ0n) is 17.0. The molecule has 0 bridgehead atoms. The Hall–Kier alpha value is -1.62. The van der Waals surface area contributed by atoms with E-state index in [2.05, 4.69) is 20.1 Å². The molecule has 0 saturated carbocycles. The van der Waals surface area contributed by atoms with E-state index in [1.165, 1.54) is 19.3 Å². The van der Waals surface area contributed by atoms with Crippen LogP contribution >= 0.6 is 0 Å². The summed E-state index contributed by atoms with van der Waals surface area (Å²) in [6, 6.07) is 0. The normalized spacial score (nSPS) is 12.9. The van der Waals surface area contributed by atoms with Gasteiger partial charge in [-0.15, -0.1) is 0 Å². The van der Waals surface area contributed by atoms with Gasteiger partial charge in [0.15, 0.2) is 6.10 Å². The zero-order chi connectivity index (χ0) is 19.9. The monoisotopic (exact) mass is 368 g/mol. The summed E-state index contributed by atoms with van der Waals surface area (Å²) in [4.78, 5) is 24.0. The molecule has 150 valence electrons. The fourth-order valence-electron chi connectivity index (χ4n) is 2.37. The predicted octanol–water partition coefficient (Wildman–Crippen LogP) is 4.75. The van der Waals surface area contributed by atoms with Gasteiger partial charge in [-0.3, -0.25) is 0 Å². The summed E-state index contributed by atoms with van der Waals surface area (Å²) in [5.74, 6) is -0.983. The number of unbranched alkanes of at least 4 members (excludes halogenated alkanes) is 5. The van der Waals surface area contributed by atoms with Crippen LogP contribution in [0.5, 0.6) is 0 Å². The first-order chi connectivity index (χ1) is 12.3. The molecule has 0 aromatic heterocycles. The maximum atomic E-state index is 12.0. The number of ether oxygens (including phenoxy) is 3. The van der Waals surface area contributed by atoms with Gasteiger partial charge in [-0.1, -0.05) is 52.2 Å². The Bertz CT molecular complexity index is 455. The lowest BCUT2D eigenvalue weighted by molar-refractivity contribution is -0.168. The molecule has 0 spiro atoms. The Morgan fingerprint density at radius 2 is 1.31 bits per heavy atom. The molecule has 0 heterocycles. The number of carbonyl (C=O) groups excluding carboxylic acids is 2. The van der Waals surface area contributed by atoms with Crippen LogP contribution in [0.2, 0.25) is 0 Å². The summed E-state index contributed by atoms with van der Waals surface area (Å²) in [6.45, 7) is 15.1. The Balaban J connectivity index is 4.93. The van der Waals surface area contributed by atoms with Gasteiger partial charge >= 0.3 is 11.9 Å². The SMILES string of the molecule is C=C(C)C(=O)OC(CCCCCCCC)C(COCC)OC(=O)C(=C)C. The molecule has 0 aromatic carbocycles. The number of rotatable bonds is 15. The molecule has 0 radical (unpaired) electrons. The van der Waals surface area contributed by atoms with E-state index < -0.39 is 24.1 Å². The first-order valence-corrected chi connectivity index (χ1v) is 9.64. The lowest BCUT2D eigenvalue weighted by atomic mass is 10.0. The molecule has 0 aliphatic rings. The maximum absolute atomic E-state index is 12.0. The second-order valence-corrected chi connectivity index (χ2v) is 6.66. The van der Waals surface area contributed by atoms with Gasteiger partial charge in [-0.05, 0) is 33.6 Å². The summed E-state index contributed by atoms with van der Waals surface area (Å²) in [6.07, 6.45) is 6.15. The average molecular weight is 369 g/mol. The van der Waals surface area contributed by atoms with E-state index in [-0.39, 0.29) is 6.61 Å². The molecule has 26 heavy (non-hydrogen) atoms. The van der Waals surface area contributed by atoms with Crippen LogP contribution in [0.1, 0.15) is 72.6 Å². The Morgan fingerprint density at radius 3 is 1.81 bits per heavy atom. The highest BCUT2D eigenvalue weighted by Crippen LogP contribution is 2.18. The van der Waals surface area contributed by atoms with Crippen molar-refractivity contribution >= 4 is 11.9 Å². The second-order valence-electron chi connectivity index (χ2n) is 6.66. The van der Waals surface area contributed by atoms with E-state index in [0.717, 1.165) is 19.3 Å². The fraction of sp³-hybridized carbons (Fsp3) is 0.714.